The Labute approximate surface area is 124 Å². The number of halogens is 1. The van der Waals surface area contributed by atoms with Gasteiger partial charge in [0.05, 0.1) is 22.0 Å². The van der Waals surface area contributed by atoms with Gasteiger partial charge in [0, 0.05) is 26.1 Å². The van der Waals surface area contributed by atoms with E-state index in [0.717, 1.165) is 38.1 Å². The number of ether oxygens (including phenoxy) is 1. The summed E-state index contributed by atoms with van der Waals surface area (Å²) in [4.78, 5) is 0. The molecular formula is C14H24BrN3O. The van der Waals surface area contributed by atoms with Crippen molar-refractivity contribution in [2.24, 2.45) is 7.05 Å². The number of aromatic nitrogens is 2. The standard InChI is InChI=1S/C14H24BrN3O/c1-4-10-14(15)12(18(3)17-10)9-11(16-5-2)13-7-6-8-19-13/h11,13,16H,4-9H2,1-3H3. The number of nitrogens with one attached hydrogen (secondary N) is 1. The van der Waals surface area contributed by atoms with E-state index < -0.39 is 0 Å². The van der Waals surface area contributed by atoms with Crippen LogP contribution in [0.25, 0.3) is 0 Å². The second-order valence-electron chi connectivity index (χ2n) is 5.10. The van der Waals surface area contributed by atoms with Gasteiger partial charge in [-0.05, 0) is 41.7 Å². The summed E-state index contributed by atoms with van der Waals surface area (Å²) in [7, 11) is 2.03. The second kappa shape index (κ2) is 6.86. The average Bonchev–Trinajstić information content (AvgIpc) is 3.01. The van der Waals surface area contributed by atoms with Crippen molar-refractivity contribution in [1.29, 1.82) is 0 Å². The number of aryl methyl sites for hydroxylation is 2. The summed E-state index contributed by atoms with van der Waals surface area (Å²) in [5, 5.41) is 8.14. The molecule has 0 amide bonds. The molecule has 1 aromatic heterocycles. The molecule has 0 aliphatic carbocycles. The van der Waals surface area contributed by atoms with E-state index in [0.29, 0.717) is 12.1 Å². The monoisotopic (exact) mass is 329 g/mol. The Morgan fingerprint density at radius 3 is 2.84 bits per heavy atom. The molecule has 0 saturated carbocycles. The summed E-state index contributed by atoms with van der Waals surface area (Å²) in [5.41, 5.74) is 2.40. The number of likely N-dealkylation sites (N-methyl/N-ethyl adjacent to an activating group) is 1. The highest BCUT2D eigenvalue weighted by molar-refractivity contribution is 9.10. The third-order valence-corrected chi connectivity index (χ3v) is 4.71. The fraction of sp³-hybridized carbons (Fsp3) is 0.786. The minimum atomic E-state index is 0.340. The number of nitrogens with zero attached hydrogens (tertiary/aromatic N) is 2. The molecule has 2 atom stereocenters. The van der Waals surface area contributed by atoms with Gasteiger partial charge in [0.1, 0.15) is 0 Å². The minimum Gasteiger partial charge on any atom is -0.377 e. The zero-order valence-electron chi connectivity index (χ0n) is 12.1. The van der Waals surface area contributed by atoms with Crippen LogP contribution >= 0.6 is 15.9 Å². The lowest BCUT2D eigenvalue weighted by Crippen LogP contribution is -2.41. The van der Waals surface area contributed by atoms with Gasteiger partial charge in [0.25, 0.3) is 0 Å². The lowest BCUT2D eigenvalue weighted by atomic mass is 10.0. The topological polar surface area (TPSA) is 39.1 Å². The molecule has 2 unspecified atom stereocenters. The van der Waals surface area contributed by atoms with Crippen molar-refractivity contribution in [3.8, 4) is 0 Å². The Hall–Kier alpha value is -0.390. The van der Waals surface area contributed by atoms with E-state index in [1.807, 2.05) is 11.7 Å². The molecule has 1 aliphatic rings. The number of hydrogen-bond donors (Lipinski definition) is 1. The van der Waals surface area contributed by atoms with Crippen LogP contribution in [0.2, 0.25) is 0 Å². The molecule has 108 valence electrons. The Morgan fingerprint density at radius 1 is 1.53 bits per heavy atom. The van der Waals surface area contributed by atoms with E-state index in [1.54, 1.807) is 0 Å². The Bertz CT molecular complexity index is 413. The van der Waals surface area contributed by atoms with Gasteiger partial charge < -0.3 is 10.1 Å². The molecule has 0 radical (unpaired) electrons. The molecule has 1 aliphatic heterocycles. The fourth-order valence-corrected chi connectivity index (χ4v) is 3.55. The van der Waals surface area contributed by atoms with E-state index in [1.165, 1.54) is 16.6 Å². The normalized spacial score (nSPS) is 20.9. The van der Waals surface area contributed by atoms with Crippen molar-refractivity contribution in [2.75, 3.05) is 13.2 Å². The Morgan fingerprint density at radius 2 is 2.32 bits per heavy atom. The van der Waals surface area contributed by atoms with Crippen molar-refractivity contribution in [3.63, 3.8) is 0 Å². The Kier molecular flexibility index (Phi) is 5.42. The Balaban J connectivity index is 2.14. The van der Waals surface area contributed by atoms with Crippen LogP contribution in [0, 0.1) is 0 Å². The smallest absolute Gasteiger partial charge is 0.0766 e. The average molecular weight is 330 g/mol. The third kappa shape index (κ3) is 3.38. The van der Waals surface area contributed by atoms with E-state index in [9.17, 15) is 0 Å². The molecule has 19 heavy (non-hydrogen) atoms. The van der Waals surface area contributed by atoms with Crippen molar-refractivity contribution in [3.05, 3.63) is 15.9 Å². The first-order valence-corrected chi connectivity index (χ1v) is 8.01. The maximum Gasteiger partial charge on any atom is 0.0766 e. The molecule has 0 spiro atoms. The maximum atomic E-state index is 5.85. The molecular weight excluding hydrogens is 306 g/mol. The summed E-state index contributed by atoms with van der Waals surface area (Å²) in [6.45, 7) is 6.16. The molecule has 4 nitrogen and oxygen atoms in total. The first-order chi connectivity index (χ1) is 9.17. The van der Waals surface area contributed by atoms with Gasteiger partial charge in [-0.1, -0.05) is 13.8 Å². The van der Waals surface area contributed by atoms with Gasteiger partial charge in [0.15, 0.2) is 0 Å². The van der Waals surface area contributed by atoms with Gasteiger partial charge in [-0.15, -0.1) is 0 Å². The van der Waals surface area contributed by atoms with E-state index in [-0.39, 0.29) is 0 Å². The van der Waals surface area contributed by atoms with E-state index >= 15 is 0 Å². The van der Waals surface area contributed by atoms with Crippen LogP contribution in [0.4, 0.5) is 0 Å². The molecule has 0 aromatic carbocycles. The number of rotatable bonds is 6. The van der Waals surface area contributed by atoms with Crippen LogP contribution in [-0.2, 0) is 24.6 Å². The van der Waals surface area contributed by atoms with Crippen LogP contribution in [-0.4, -0.2) is 35.1 Å². The minimum absolute atomic E-state index is 0.340. The second-order valence-corrected chi connectivity index (χ2v) is 5.90. The van der Waals surface area contributed by atoms with Gasteiger partial charge in [-0.2, -0.15) is 5.10 Å². The first-order valence-electron chi connectivity index (χ1n) is 7.22. The lowest BCUT2D eigenvalue weighted by Gasteiger charge is -2.24. The van der Waals surface area contributed by atoms with E-state index in [2.05, 4.69) is 40.2 Å². The number of hydrogen-bond acceptors (Lipinski definition) is 3. The molecule has 1 saturated heterocycles. The summed E-state index contributed by atoms with van der Waals surface area (Å²) in [5.74, 6) is 0. The lowest BCUT2D eigenvalue weighted by molar-refractivity contribution is 0.0783. The van der Waals surface area contributed by atoms with Crippen LogP contribution in [0.3, 0.4) is 0 Å². The first kappa shape index (κ1) is 15.0. The van der Waals surface area contributed by atoms with Crippen molar-refractivity contribution < 1.29 is 4.74 Å². The van der Waals surface area contributed by atoms with Gasteiger partial charge in [0.2, 0.25) is 0 Å². The van der Waals surface area contributed by atoms with Gasteiger partial charge in [-0.3, -0.25) is 4.68 Å². The van der Waals surface area contributed by atoms with Crippen LogP contribution in [0.1, 0.15) is 38.1 Å². The zero-order valence-corrected chi connectivity index (χ0v) is 13.7. The third-order valence-electron chi connectivity index (χ3n) is 3.80. The highest BCUT2D eigenvalue weighted by atomic mass is 79.9. The molecule has 1 N–H and O–H groups in total. The molecule has 0 bridgehead atoms. The van der Waals surface area contributed by atoms with Gasteiger partial charge >= 0.3 is 0 Å². The zero-order chi connectivity index (χ0) is 13.8. The van der Waals surface area contributed by atoms with Crippen LogP contribution in [0.5, 0.6) is 0 Å². The SMILES string of the molecule is CCNC(Cc1c(Br)c(CC)nn1C)C1CCCO1. The molecule has 1 aromatic rings. The molecule has 5 heteroatoms. The molecule has 2 heterocycles. The summed E-state index contributed by atoms with van der Waals surface area (Å²) in [6, 6.07) is 0.379. The quantitative estimate of drug-likeness (QED) is 0.871. The molecule has 1 fully saturated rings. The van der Waals surface area contributed by atoms with Crippen molar-refractivity contribution in [2.45, 2.75) is 51.7 Å². The van der Waals surface area contributed by atoms with Crippen molar-refractivity contribution in [1.82, 2.24) is 15.1 Å². The highest BCUT2D eigenvalue weighted by Crippen LogP contribution is 2.25. The largest absolute Gasteiger partial charge is 0.377 e. The van der Waals surface area contributed by atoms with E-state index in [4.69, 9.17) is 4.74 Å². The molecule has 2 rings (SSSR count). The summed E-state index contributed by atoms with van der Waals surface area (Å²) >= 11 is 3.70. The summed E-state index contributed by atoms with van der Waals surface area (Å²) < 4.78 is 9.01. The van der Waals surface area contributed by atoms with Crippen molar-refractivity contribution >= 4 is 15.9 Å². The highest BCUT2D eigenvalue weighted by Gasteiger charge is 2.27. The predicted molar refractivity (Wildman–Crippen MR) is 80.4 cm³/mol. The van der Waals surface area contributed by atoms with Crippen LogP contribution < -0.4 is 5.32 Å². The predicted octanol–water partition coefficient (Wildman–Crippen LogP) is 2.44. The summed E-state index contributed by atoms with van der Waals surface area (Å²) in [6.07, 6.45) is 4.60. The van der Waals surface area contributed by atoms with Crippen LogP contribution in [0.15, 0.2) is 4.47 Å². The maximum absolute atomic E-state index is 5.85. The fourth-order valence-electron chi connectivity index (χ4n) is 2.77. The van der Waals surface area contributed by atoms with Gasteiger partial charge in [-0.25, -0.2) is 0 Å².